The van der Waals surface area contributed by atoms with E-state index in [1.807, 2.05) is 0 Å². The van der Waals surface area contributed by atoms with Crippen LogP contribution in [0.4, 0.5) is 0 Å². The standard InChI is InChI=1S/C24H40O/c1-17(16-25)7-8-19-10-12-21-20-11-9-18-6-4-5-14-23(18,2)22(20)13-15-24(19,21)3/h16-22H,4-15H2,1-3H3. The van der Waals surface area contributed by atoms with Crippen LogP contribution >= 0.6 is 0 Å². The summed E-state index contributed by atoms with van der Waals surface area (Å²) in [7, 11) is 0. The minimum Gasteiger partial charge on any atom is -0.303 e. The lowest BCUT2D eigenvalue weighted by atomic mass is 9.45. The van der Waals surface area contributed by atoms with Gasteiger partial charge in [-0.1, -0.05) is 33.6 Å². The summed E-state index contributed by atoms with van der Waals surface area (Å²) in [6, 6.07) is 0. The van der Waals surface area contributed by atoms with E-state index in [0.717, 1.165) is 42.3 Å². The summed E-state index contributed by atoms with van der Waals surface area (Å²) in [6.45, 7) is 7.44. The van der Waals surface area contributed by atoms with E-state index in [1.54, 1.807) is 0 Å². The molecule has 4 aliphatic carbocycles. The van der Waals surface area contributed by atoms with Crippen molar-refractivity contribution in [3.63, 3.8) is 0 Å². The highest BCUT2D eigenvalue weighted by atomic mass is 16.1. The van der Waals surface area contributed by atoms with Crippen molar-refractivity contribution in [3.8, 4) is 0 Å². The number of fused-ring (bicyclic) bond motifs is 5. The van der Waals surface area contributed by atoms with Crippen LogP contribution in [0.15, 0.2) is 0 Å². The van der Waals surface area contributed by atoms with Crippen LogP contribution in [0.3, 0.4) is 0 Å². The van der Waals surface area contributed by atoms with E-state index in [9.17, 15) is 4.79 Å². The Morgan fingerprint density at radius 1 is 0.920 bits per heavy atom. The van der Waals surface area contributed by atoms with Gasteiger partial charge < -0.3 is 4.79 Å². The molecule has 0 saturated heterocycles. The fourth-order valence-electron chi connectivity index (χ4n) is 8.41. The molecule has 0 aromatic rings. The zero-order chi connectivity index (χ0) is 17.7. The van der Waals surface area contributed by atoms with Gasteiger partial charge in [0.25, 0.3) is 0 Å². The Morgan fingerprint density at radius 2 is 1.72 bits per heavy atom. The van der Waals surface area contributed by atoms with Crippen LogP contribution in [-0.4, -0.2) is 6.29 Å². The molecule has 0 amide bonds. The zero-order valence-electron chi connectivity index (χ0n) is 16.9. The van der Waals surface area contributed by atoms with E-state index >= 15 is 0 Å². The van der Waals surface area contributed by atoms with E-state index in [1.165, 1.54) is 70.6 Å². The summed E-state index contributed by atoms with van der Waals surface area (Å²) in [5.74, 6) is 5.22. The first kappa shape index (κ1) is 18.1. The smallest absolute Gasteiger partial charge is 0.122 e. The Bertz CT molecular complexity index is 498. The van der Waals surface area contributed by atoms with Crippen molar-refractivity contribution in [1.29, 1.82) is 0 Å². The summed E-state index contributed by atoms with van der Waals surface area (Å²) < 4.78 is 0. The predicted molar refractivity (Wildman–Crippen MR) is 104 cm³/mol. The second-order valence-corrected chi connectivity index (χ2v) is 10.9. The van der Waals surface area contributed by atoms with Gasteiger partial charge in [0.15, 0.2) is 0 Å². The van der Waals surface area contributed by atoms with Crippen LogP contribution < -0.4 is 0 Å². The molecule has 0 aliphatic heterocycles. The number of carbonyl (C=O) groups is 1. The Labute approximate surface area is 155 Å². The van der Waals surface area contributed by atoms with Crippen molar-refractivity contribution in [2.45, 2.75) is 97.8 Å². The fourth-order valence-corrected chi connectivity index (χ4v) is 8.41. The van der Waals surface area contributed by atoms with Crippen LogP contribution in [0, 0.1) is 46.3 Å². The third kappa shape index (κ3) is 2.83. The third-order valence-corrected chi connectivity index (χ3v) is 9.98. The summed E-state index contributed by atoms with van der Waals surface area (Å²) >= 11 is 0. The van der Waals surface area contributed by atoms with E-state index in [0.29, 0.717) is 10.8 Å². The molecule has 0 radical (unpaired) electrons. The van der Waals surface area contributed by atoms with Crippen LogP contribution in [0.25, 0.3) is 0 Å². The Morgan fingerprint density at radius 3 is 2.52 bits per heavy atom. The molecule has 4 fully saturated rings. The molecule has 4 aliphatic rings. The molecule has 0 aromatic heterocycles. The average Bonchev–Trinajstić information content (AvgIpc) is 2.95. The fraction of sp³-hybridized carbons (Fsp3) is 0.958. The van der Waals surface area contributed by atoms with Gasteiger partial charge in [0.05, 0.1) is 0 Å². The molecule has 0 N–H and O–H groups in total. The maximum Gasteiger partial charge on any atom is 0.122 e. The summed E-state index contributed by atoms with van der Waals surface area (Å²) in [4.78, 5) is 11.0. The molecule has 4 rings (SSSR count). The van der Waals surface area contributed by atoms with Crippen LogP contribution in [0.1, 0.15) is 97.8 Å². The van der Waals surface area contributed by atoms with E-state index in [-0.39, 0.29) is 5.92 Å². The van der Waals surface area contributed by atoms with Gasteiger partial charge in [-0.2, -0.15) is 0 Å². The molecule has 4 saturated carbocycles. The number of hydrogen-bond donors (Lipinski definition) is 0. The molecule has 0 heterocycles. The monoisotopic (exact) mass is 344 g/mol. The number of hydrogen-bond acceptors (Lipinski definition) is 1. The second kappa shape index (κ2) is 6.68. The van der Waals surface area contributed by atoms with Gasteiger partial charge in [-0.3, -0.25) is 0 Å². The summed E-state index contributed by atoms with van der Waals surface area (Å²) in [6.07, 6.45) is 18.6. The van der Waals surface area contributed by atoms with Crippen LogP contribution in [0.5, 0.6) is 0 Å². The topological polar surface area (TPSA) is 17.1 Å². The highest BCUT2D eigenvalue weighted by molar-refractivity contribution is 5.52. The van der Waals surface area contributed by atoms with Crippen molar-refractivity contribution in [2.75, 3.05) is 0 Å². The first-order valence-electron chi connectivity index (χ1n) is 11.4. The zero-order valence-corrected chi connectivity index (χ0v) is 16.9. The normalized spacial score (nSPS) is 50.4. The maximum absolute atomic E-state index is 11.0. The van der Waals surface area contributed by atoms with Crippen molar-refractivity contribution in [1.82, 2.24) is 0 Å². The highest BCUT2D eigenvalue weighted by Crippen LogP contribution is 2.67. The molecular formula is C24H40O. The predicted octanol–water partition coefficient (Wildman–Crippen LogP) is 6.65. The van der Waals surface area contributed by atoms with E-state index in [4.69, 9.17) is 0 Å². The van der Waals surface area contributed by atoms with Gasteiger partial charge in [0.2, 0.25) is 0 Å². The molecule has 1 heteroatoms. The lowest BCUT2D eigenvalue weighted by Crippen LogP contribution is -2.52. The largest absolute Gasteiger partial charge is 0.303 e. The molecule has 1 nitrogen and oxygen atoms in total. The van der Waals surface area contributed by atoms with Crippen molar-refractivity contribution >= 4 is 6.29 Å². The van der Waals surface area contributed by atoms with Crippen molar-refractivity contribution in [2.24, 2.45) is 46.3 Å². The van der Waals surface area contributed by atoms with Gasteiger partial charge in [0, 0.05) is 5.92 Å². The lowest BCUT2D eigenvalue weighted by molar-refractivity contribution is -0.113. The highest BCUT2D eigenvalue weighted by Gasteiger charge is 2.59. The van der Waals surface area contributed by atoms with Gasteiger partial charge >= 0.3 is 0 Å². The minimum absolute atomic E-state index is 0.260. The third-order valence-electron chi connectivity index (χ3n) is 9.98. The molecule has 8 unspecified atom stereocenters. The van der Waals surface area contributed by atoms with Crippen LogP contribution in [-0.2, 0) is 4.79 Å². The Hall–Kier alpha value is -0.330. The van der Waals surface area contributed by atoms with Crippen LogP contribution in [0.2, 0.25) is 0 Å². The molecule has 142 valence electrons. The molecule has 0 aromatic carbocycles. The number of rotatable bonds is 4. The van der Waals surface area contributed by atoms with Gasteiger partial charge in [-0.05, 0) is 105 Å². The molecule has 8 atom stereocenters. The SMILES string of the molecule is CC(C=O)CCC1CCC2C3CCC4CCCCC4(C)C3CCC12C. The molecule has 0 spiro atoms. The minimum atomic E-state index is 0.260. The summed E-state index contributed by atoms with van der Waals surface area (Å²) in [5.41, 5.74) is 1.26. The second-order valence-electron chi connectivity index (χ2n) is 10.9. The maximum atomic E-state index is 11.0. The molecule has 25 heavy (non-hydrogen) atoms. The Kier molecular flexibility index (Phi) is 4.82. The number of carbonyl (C=O) groups excluding carboxylic acids is 1. The van der Waals surface area contributed by atoms with Gasteiger partial charge in [-0.25, -0.2) is 0 Å². The molecule has 0 bridgehead atoms. The first-order chi connectivity index (χ1) is 12.0. The van der Waals surface area contributed by atoms with E-state index in [2.05, 4.69) is 20.8 Å². The van der Waals surface area contributed by atoms with Crippen molar-refractivity contribution < 1.29 is 4.79 Å². The molecular weight excluding hydrogens is 304 g/mol. The van der Waals surface area contributed by atoms with Crippen molar-refractivity contribution in [3.05, 3.63) is 0 Å². The van der Waals surface area contributed by atoms with Gasteiger partial charge in [-0.15, -0.1) is 0 Å². The number of aldehydes is 1. The van der Waals surface area contributed by atoms with Gasteiger partial charge in [0.1, 0.15) is 6.29 Å². The van der Waals surface area contributed by atoms with E-state index < -0.39 is 0 Å². The Balaban J connectivity index is 1.50. The lowest BCUT2D eigenvalue weighted by Gasteiger charge is -2.60. The average molecular weight is 345 g/mol. The first-order valence-corrected chi connectivity index (χ1v) is 11.4. The summed E-state index contributed by atoms with van der Waals surface area (Å²) in [5, 5.41) is 0. The quantitative estimate of drug-likeness (QED) is 0.522.